The maximum absolute atomic E-state index is 11.9. The van der Waals surface area contributed by atoms with Gasteiger partial charge >= 0.3 is 0 Å². The van der Waals surface area contributed by atoms with Gasteiger partial charge in [0.1, 0.15) is 0 Å². The fraction of sp³-hybridized carbons (Fsp3) is 0.409. The van der Waals surface area contributed by atoms with Crippen molar-refractivity contribution in [3.05, 3.63) is 59.6 Å². The predicted octanol–water partition coefficient (Wildman–Crippen LogP) is 5.56. The van der Waals surface area contributed by atoms with Crippen LogP contribution in [0.2, 0.25) is 5.02 Å². The monoisotopic (exact) mass is 387 g/mol. The lowest BCUT2D eigenvalue weighted by molar-refractivity contribution is -0.120. The van der Waals surface area contributed by atoms with E-state index in [1.165, 1.54) is 0 Å². The quantitative estimate of drug-likeness (QED) is 0.488. The van der Waals surface area contributed by atoms with E-state index in [-0.39, 0.29) is 11.8 Å². The number of amides is 2. The lowest BCUT2D eigenvalue weighted by atomic mass is 10.1. The Balaban J connectivity index is 1.44. The summed E-state index contributed by atoms with van der Waals surface area (Å²) < 4.78 is 0. The molecule has 0 atom stereocenters. The molecule has 5 heteroatoms. The zero-order chi connectivity index (χ0) is 19.3. The van der Waals surface area contributed by atoms with E-state index >= 15 is 0 Å². The molecule has 0 bridgehead atoms. The van der Waals surface area contributed by atoms with Crippen molar-refractivity contribution in [1.82, 2.24) is 5.32 Å². The smallest absolute Gasteiger partial charge is 0.224 e. The van der Waals surface area contributed by atoms with Gasteiger partial charge in [-0.1, -0.05) is 55.5 Å². The van der Waals surface area contributed by atoms with Crippen LogP contribution in [0.25, 0.3) is 0 Å². The van der Waals surface area contributed by atoms with Gasteiger partial charge in [-0.05, 0) is 50.0 Å². The normalized spacial score (nSPS) is 13.1. The number of halogens is 1. The molecule has 145 valence electrons. The number of hydrogen-bond acceptors (Lipinski definition) is 2. The topological polar surface area (TPSA) is 58.2 Å². The molecule has 1 aliphatic carbocycles. The van der Waals surface area contributed by atoms with Gasteiger partial charge in [0.15, 0.2) is 0 Å². The van der Waals surface area contributed by atoms with Crippen LogP contribution in [0.15, 0.2) is 48.2 Å². The Bertz CT molecular complexity index is 683. The zero-order valence-electron chi connectivity index (χ0n) is 15.7. The second kappa shape index (κ2) is 12.3. The molecular formula is C22H28ClN2O2. The molecule has 1 aromatic carbocycles. The van der Waals surface area contributed by atoms with E-state index in [1.807, 2.05) is 30.4 Å². The summed E-state index contributed by atoms with van der Waals surface area (Å²) in [5.74, 6) is 0.114. The first-order valence-corrected chi connectivity index (χ1v) is 10.1. The molecule has 0 fully saturated rings. The number of unbranched alkanes of at least 4 members (excludes halogenated alkanes) is 5. The van der Waals surface area contributed by atoms with Crippen LogP contribution in [0.3, 0.4) is 0 Å². The third-order valence-corrected chi connectivity index (χ3v) is 4.57. The third kappa shape index (κ3) is 9.43. The molecule has 27 heavy (non-hydrogen) atoms. The van der Waals surface area contributed by atoms with Crippen molar-refractivity contribution in [3.63, 3.8) is 0 Å². The SMILES string of the molecule is O=C(CCCCCCCCC(=O)Nc1cccc(Cl)c1)NC1=CC[CH]C=C1. The highest BCUT2D eigenvalue weighted by Gasteiger charge is 2.05. The van der Waals surface area contributed by atoms with Gasteiger partial charge in [-0.3, -0.25) is 9.59 Å². The molecule has 2 N–H and O–H groups in total. The Morgan fingerprint density at radius 2 is 1.59 bits per heavy atom. The van der Waals surface area contributed by atoms with Crippen molar-refractivity contribution in [2.45, 2.75) is 57.8 Å². The third-order valence-electron chi connectivity index (χ3n) is 4.34. The van der Waals surface area contributed by atoms with Crippen molar-refractivity contribution in [3.8, 4) is 0 Å². The first-order valence-electron chi connectivity index (χ1n) is 9.69. The van der Waals surface area contributed by atoms with Crippen molar-refractivity contribution in [2.24, 2.45) is 0 Å². The number of benzene rings is 1. The number of carbonyl (C=O) groups excluding carboxylic acids is 2. The van der Waals surface area contributed by atoms with Gasteiger partial charge in [-0.25, -0.2) is 0 Å². The van der Waals surface area contributed by atoms with Gasteiger partial charge in [0.2, 0.25) is 11.8 Å². The van der Waals surface area contributed by atoms with E-state index in [0.29, 0.717) is 17.9 Å². The molecule has 0 saturated carbocycles. The molecule has 0 aliphatic heterocycles. The Labute approximate surface area is 167 Å². The van der Waals surface area contributed by atoms with Gasteiger partial charge in [0.25, 0.3) is 0 Å². The Kier molecular flexibility index (Phi) is 9.70. The summed E-state index contributed by atoms with van der Waals surface area (Å²) in [4.78, 5) is 23.7. The molecule has 0 unspecified atom stereocenters. The zero-order valence-corrected chi connectivity index (χ0v) is 16.4. The van der Waals surface area contributed by atoms with Crippen LogP contribution in [0.1, 0.15) is 57.8 Å². The Morgan fingerprint density at radius 3 is 2.22 bits per heavy atom. The summed E-state index contributed by atoms with van der Waals surface area (Å²) in [6.45, 7) is 0. The minimum Gasteiger partial charge on any atom is -0.326 e. The maximum Gasteiger partial charge on any atom is 0.224 e. The minimum absolute atomic E-state index is 0.0256. The number of nitrogens with one attached hydrogen (secondary N) is 2. The largest absolute Gasteiger partial charge is 0.326 e. The first kappa shape index (κ1) is 21.2. The lowest BCUT2D eigenvalue weighted by Gasteiger charge is -2.09. The van der Waals surface area contributed by atoms with Crippen LogP contribution >= 0.6 is 11.6 Å². The predicted molar refractivity (Wildman–Crippen MR) is 111 cm³/mol. The highest BCUT2D eigenvalue weighted by atomic mass is 35.5. The van der Waals surface area contributed by atoms with Crippen LogP contribution in [0.4, 0.5) is 5.69 Å². The van der Waals surface area contributed by atoms with Crippen LogP contribution in [0.5, 0.6) is 0 Å². The number of allylic oxidation sites excluding steroid dienone is 3. The molecule has 1 aromatic rings. The van der Waals surface area contributed by atoms with E-state index < -0.39 is 0 Å². The number of hydrogen-bond donors (Lipinski definition) is 2. The molecule has 2 rings (SSSR count). The lowest BCUT2D eigenvalue weighted by Crippen LogP contribution is -2.21. The summed E-state index contributed by atoms with van der Waals surface area (Å²) in [5, 5.41) is 6.41. The summed E-state index contributed by atoms with van der Waals surface area (Å²) in [5.41, 5.74) is 1.64. The molecule has 0 saturated heterocycles. The van der Waals surface area contributed by atoms with Gasteiger partial charge in [-0.15, -0.1) is 0 Å². The molecule has 2 amide bonds. The molecule has 0 heterocycles. The summed E-state index contributed by atoms with van der Waals surface area (Å²) >= 11 is 5.90. The Morgan fingerprint density at radius 1 is 0.926 bits per heavy atom. The molecule has 4 nitrogen and oxygen atoms in total. The molecule has 0 spiro atoms. The van der Waals surface area contributed by atoms with Crippen LogP contribution in [0, 0.1) is 6.42 Å². The molecular weight excluding hydrogens is 360 g/mol. The van der Waals surface area contributed by atoms with Crippen molar-refractivity contribution < 1.29 is 9.59 Å². The number of rotatable bonds is 11. The van der Waals surface area contributed by atoms with Crippen LogP contribution in [-0.2, 0) is 9.59 Å². The second-order valence-corrected chi connectivity index (χ2v) is 7.15. The van der Waals surface area contributed by atoms with Crippen molar-refractivity contribution in [1.29, 1.82) is 0 Å². The average Bonchev–Trinajstić information content (AvgIpc) is 2.64. The van der Waals surface area contributed by atoms with E-state index in [2.05, 4.69) is 17.1 Å². The fourth-order valence-electron chi connectivity index (χ4n) is 2.90. The fourth-order valence-corrected chi connectivity index (χ4v) is 3.09. The van der Waals surface area contributed by atoms with Crippen LogP contribution in [-0.4, -0.2) is 11.8 Å². The molecule has 1 radical (unpaired) electrons. The number of carbonyl (C=O) groups is 2. The summed E-state index contributed by atoms with van der Waals surface area (Å²) in [6, 6.07) is 7.18. The first-order chi connectivity index (χ1) is 13.1. The van der Waals surface area contributed by atoms with E-state index in [4.69, 9.17) is 11.6 Å². The number of anilines is 1. The van der Waals surface area contributed by atoms with E-state index in [0.717, 1.165) is 56.3 Å². The molecule has 0 aromatic heterocycles. The van der Waals surface area contributed by atoms with Gasteiger partial charge < -0.3 is 10.6 Å². The highest BCUT2D eigenvalue weighted by Crippen LogP contribution is 2.16. The standard InChI is InChI=1S/C22H28ClN2O2/c23-18-11-10-14-20(17-18)25-22(27)16-9-4-2-1-3-8-15-21(26)24-19-12-6-5-7-13-19/h5-6,10-14,17H,1-4,7-9,15-16H2,(H,24,26)(H,25,27). The van der Waals surface area contributed by atoms with Gasteiger partial charge in [-0.2, -0.15) is 0 Å². The summed E-state index contributed by atoms with van der Waals surface area (Å²) in [6.07, 6.45) is 16.0. The minimum atomic E-state index is 0.0256. The highest BCUT2D eigenvalue weighted by molar-refractivity contribution is 6.30. The van der Waals surface area contributed by atoms with Crippen molar-refractivity contribution in [2.75, 3.05) is 5.32 Å². The maximum atomic E-state index is 11.9. The Hall–Kier alpha value is -2.07. The van der Waals surface area contributed by atoms with Gasteiger partial charge in [0.05, 0.1) is 0 Å². The van der Waals surface area contributed by atoms with Crippen molar-refractivity contribution >= 4 is 29.1 Å². The average molecular weight is 388 g/mol. The van der Waals surface area contributed by atoms with Gasteiger partial charge in [0, 0.05) is 29.2 Å². The van der Waals surface area contributed by atoms with E-state index in [1.54, 1.807) is 12.1 Å². The van der Waals surface area contributed by atoms with Crippen LogP contribution < -0.4 is 10.6 Å². The van der Waals surface area contributed by atoms with E-state index in [9.17, 15) is 9.59 Å². The molecule has 1 aliphatic rings. The second-order valence-electron chi connectivity index (χ2n) is 6.72. The summed E-state index contributed by atoms with van der Waals surface area (Å²) in [7, 11) is 0.